The number of nitrogens with zero attached hydrogens (tertiary/aromatic N) is 2. The maximum absolute atomic E-state index is 11.2. The third-order valence-electron chi connectivity index (χ3n) is 2.71. The average Bonchev–Trinajstić information content (AvgIpc) is 2.82. The van der Waals surface area contributed by atoms with E-state index in [1.165, 1.54) is 12.0 Å². The first kappa shape index (κ1) is 12.5. The van der Waals surface area contributed by atoms with Crippen LogP contribution in [0.4, 0.5) is 0 Å². The van der Waals surface area contributed by atoms with E-state index < -0.39 is 0 Å². The molecule has 1 aliphatic heterocycles. The largest absolute Gasteiger partial charge is 0.469 e. The van der Waals surface area contributed by atoms with Gasteiger partial charge in [0.25, 0.3) is 0 Å². The van der Waals surface area contributed by atoms with Crippen molar-refractivity contribution in [2.24, 2.45) is 0 Å². The first-order valence-corrected chi connectivity index (χ1v) is 6.44. The highest BCUT2D eigenvalue weighted by atomic mass is 32.1. The van der Waals surface area contributed by atoms with Crippen LogP contribution in [0.2, 0.25) is 0 Å². The van der Waals surface area contributed by atoms with Crippen LogP contribution in [0, 0.1) is 0 Å². The number of hydrogen-bond donors (Lipinski definition) is 0. The highest BCUT2D eigenvalue weighted by Gasteiger charge is 2.23. The van der Waals surface area contributed by atoms with Gasteiger partial charge >= 0.3 is 5.97 Å². The molecule has 0 N–H and O–H groups in total. The summed E-state index contributed by atoms with van der Waals surface area (Å²) < 4.78 is 10.2. The summed E-state index contributed by atoms with van der Waals surface area (Å²) in [6.07, 6.45) is 2.16. The molecule has 1 atom stereocenters. The quantitative estimate of drug-likeness (QED) is 0.749. The molecule has 2 rings (SSSR count). The molecule has 1 aromatic heterocycles. The molecule has 0 radical (unpaired) electrons. The van der Waals surface area contributed by atoms with Crippen molar-refractivity contribution in [3.05, 3.63) is 16.6 Å². The van der Waals surface area contributed by atoms with Crippen molar-refractivity contribution in [1.82, 2.24) is 9.88 Å². The Bertz CT molecular complexity index is 356. The molecule has 0 saturated carbocycles. The van der Waals surface area contributed by atoms with Gasteiger partial charge in [-0.1, -0.05) is 0 Å². The molecular weight excluding hydrogens is 240 g/mol. The zero-order valence-corrected chi connectivity index (χ0v) is 10.6. The Morgan fingerprint density at radius 3 is 3.35 bits per heavy atom. The monoisotopic (exact) mass is 256 g/mol. The first-order chi connectivity index (χ1) is 8.28. The zero-order valence-electron chi connectivity index (χ0n) is 9.80. The van der Waals surface area contributed by atoms with Gasteiger partial charge in [-0.15, -0.1) is 11.3 Å². The molecule has 1 saturated heterocycles. The number of rotatable bonds is 4. The molecule has 1 fully saturated rings. The number of esters is 1. The lowest BCUT2D eigenvalue weighted by atomic mass is 10.2. The van der Waals surface area contributed by atoms with E-state index >= 15 is 0 Å². The van der Waals surface area contributed by atoms with Gasteiger partial charge in [0, 0.05) is 30.7 Å². The molecular formula is C11H16N2O3S. The van der Waals surface area contributed by atoms with Gasteiger partial charge in [0.15, 0.2) is 0 Å². The van der Waals surface area contributed by atoms with Crippen LogP contribution in [0.25, 0.3) is 0 Å². The molecule has 0 aromatic carbocycles. The van der Waals surface area contributed by atoms with E-state index in [-0.39, 0.29) is 12.1 Å². The minimum atomic E-state index is -0.213. The van der Waals surface area contributed by atoms with Crippen LogP contribution in [0.5, 0.6) is 0 Å². The van der Waals surface area contributed by atoms with Crippen LogP contribution in [0.3, 0.4) is 0 Å². The third kappa shape index (κ3) is 3.76. The minimum absolute atomic E-state index is 0.0517. The Hall–Kier alpha value is -0.980. The summed E-state index contributed by atoms with van der Waals surface area (Å²) in [7, 11) is 1.40. The SMILES string of the molecule is COC(=O)CC1CN(Cc2cncs2)CCO1. The molecule has 1 aliphatic rings. The summed E-state index contributed by atoms with van der Waals surface area (Å²) in [4.78, 5) is 18.8. The Labute approximate surface area is 104 Å². The standard InChI is InChI=1S/C11H16N2O3S/c1-15-11(14)4-9-6-13(2-3-16-9)7-10-5-12-8-17-10/h5,8-9H,2-4,6-7H2,1H3. The van der Waals surface area contributed by atoms with Gasteiger partial charge in [-0.25, -0.2) is 0 Å². The van der Waals surface area contributed by atoms with Gasteiger partial charge in [0.1, 0.15) is 0 Å². The second-order valence-electron chi connectivity index (χ2n) is 3.98. The maximum atomic E-state index is 11.2. The lowest BCUT2D eigenvalue weighted by Crippen LogP contribution is -2.42. The van der Waals surface area contributed by atoms with Crippen molar-refractivity contribution in [1.29, 1.82) is 0 Å². The Balaban J connectivity index is 1.82. The fourth-order valence-electron chi connectivity index (χ4n) is 1.86. The summed E-state index contributed by atoms with van der Waals surface area (Å²) >= 11 is 1.65. The lowest BCUT2D eigenvalue weighted by Gasteiger charge is -2.31. The van der Waals surface area contributed by atoms with E-state index in [9.17, 15) is 4.79 Å². The molecule has 1 aromatic rings. The van der Waals surface area contributed by atoms with Gasteiger partial charge in [-0.3, -0.25) is 14.7 Å². The predicted molar refractivity (Wildman–Crippen MR) is 63.8 cm³/mol. The minimum Gasteiger partial charge on any atom is -0.469 e. The molecule has 0 amide bonds. The Kier molecular flexibility index (Phi) is 4.47. The molecule has 0 bridgehead atoms. The molecule has 94 valence electrons. The number of methoxy groups -OCH3 is 1. The number of aromatic nitrogens is 1. The van der Waals surface area contributed by atoms with Crippen LogP contribution < -0.4 is 0 Å². The molecule has 1 unspecified atom stereocenters. The predicted octanol–water partition coefficient (Wildman–Crippen LogP) is 0.907. The third-order valence-corrected chi connectivity index (χ3v) is 3.47. The summed E-state index contributed by atoms with van der Waals surface area (Å²) in [5.41, 5.74) is 1.84. The van der Waals surface area contributed by atoms with Crippen LogP contribution in [-0.4, -0.2) is 48.8 Å². The molecule has 5 nitrogen and oxygen atoms in total. The van der Waals surface area contributed by atoms with Crippen LogP contribution in [0.1, 0.15) is 11.3 Å². The van der Waals surface area contributed by atoms with Gasteiger partial charge in [-0.05, 0) is 0 Å². The molecule has 0 aliphatic carbocycles. The first-order valence-electron chi connectivity index (χ1n) is 5.56. The van der Waals surface area contributed by atoms with Gasteiger partial charge in [0.2, 0.25) is 0 Å². The van der Waals surface area contributed by atoms with Crippen LogP contribution in [-0.2, 0) is 20.8 Å². The van der Waals surface area contributed by atoms with Crippen molar-refractivity contribution in [2.45, 2.75) is 19.1 Å². The number of carbonyl (C=O) groups is 1. The summed E-state index contributed by atoms with van der Waals surface area (Å²) in [6, 6.07) is 0. The van der Waals surface area contributed by atoms with Crippen molar-refractivity contribution in [2.75, 3.05) is 26.8 Å². The average molecular weight is 256 g/mol. The van der Waals surface area contributed by atoms with Crippen LogP contribution >= 0.6 is 11.3 Å². The number of ether oxygens (including phenoxy) is 2. The van der Waals surface area contributed by atoms with Gasteiger partial charge < -0.3 is 9.47 Å². The van der Waals surface area contributed by atoms with Gasteiger partial charge in [-0.2, -0.15) is 0 Å². The highest BCUT2D eigenvalue weighted by molar-refractivity contribution is 7.09. The lowest BCUT2D eigenvalue weighted by molar-refractivity contribution is -0.145. The Morgan fingerprint density at radius 1 is 1.76 bits per heavy atom. The van der Waals surface area contributed by atoms with Crippen LogP contribution in [0.15, 0.2) is 11.7 Å². The van der Waals surface area contributed by atoms with E-state index in [0.717, 1.165) is 19.6 Å². The van der Waals surface area contributed by atoms with E-state index in [4.69, 9.17) is 4.74 Å². The van der Waals surface area contributed by atoms with Gasteiger partial charge in [0.05, 0.1) is 31.8 Å². The van der Waals surface area contributed by atoms with Crippen molar-refractivity contribution >= 4 is 17.3 Å². The second kappa shape index (κ2) is 6.09. The fraction of sp³-hybridized carbons (Fsp3) is 0.636. The van der Waals surface area contributed by atoms with E-state index in [0.29, 0.717) is 13.0 Å². The number of thiazole rings is 1. The normalized spacial score (nSPS) is 21.4. The summed E-state index contributed by atoms with van der Waals surface area (Å²) in [5, 5.41) is 0. The second-order valence-corrected chi connectivity index (χ2v) is 4.95. The topological polar surface area (TPSA) is 51.7 Å². The number of morpholine rings is 1. The van der Waals surface area contributed by atoms with E-state index in [1.54, 1.807) is 11.3 Å². The summed E-state index contributed by atoms with van der Waals surface area (Å²) in [5.74, 6) is -0.213. The molecule has 17 heavy (non-hydrogen) atoms. The zero-order chi connectivity index (χ0) is 12.1. The summed E-state index contributed by atoms with van der Waals surface area (Å²) in [6.45, 7) is 3.22. The van der Waals surface area contributed by atoms with Crippen molar-refractivity contribution < 1.29 is 14.3 Å². The highest BCUT2D eigenvalue weighted by Crippen LogP contribution is 2.14. The molecule has 6 heteroatoms. The molecule has 0 spiro atoms. The number of carbonyl (C=O) groups excluding carboxylic acids is 1. The molecule has 2 heterocycles. The Morgan fingerprint density at radius 2 is 2.65 bits per heavy atom. The van der Waals surface area contributed by atoms with Crippen molar-refractivity contribution in [3.63, 3.8) is 0 Å². The maximum Gasteiger partial charge on any atom is 0.308 e. The smallest absolute Gasteiger partial charge is 0.308 e. The fourth-order valence-corrected chi connectivity index (χ4v) is 2.49. The van der Waals surface area contributed by atoms with E-state index in [1.807, 2.05) is 11.7 Å². The van der Waals surface area contributed by atoms with Crippen molar-refractivity contribution in [3.8, 4) is 0 Å². The number of hydrogen-bond acceptors (Lipinski definition) is 6. The van der Waals surface area contributed by atoms with E-state index in [2.05, 4.69) is 14.6 Å².